The smallest absolute Gasteiger partial charge is 0.315 e. The lowest BCUT2D eigenvalue weighted by Crippen LogP contribution is -2.47. The Kier molecular flexibility index (Phi) is 5.45. The van der Waals surface area contributed by atoms with Gasteiger partial charge >= 0.3 is 6.03 Å². The molecule has 0 radical (unpaired) electrons. The van der Waals surface area contributed by atoms with Gasteiger partial charge in [-0.1, -0.05) is 20.8 Å². The number of likely N-dealkylation sites (tertiary alicyclic amines) is 1. The van der Waals surface area contributed by atoms with E-state index in [1.54, 1.807) is 11.3 Å². The highest BCUT2D eigenvalue weighted by Gasteiger charge is 2.22. The van der Waals surface area contributed by atoms with Crippen molar-refractivity contribution in [1.82, 2.24) is 20.5 Å². The molecule has 22 heavy (non-hydrogen) atoms. The average Bonchev–Trinajstić information content (AvgIpc) is 2.91. The van der Waals surface area contributed by atoms with E-state index in [4.69, 9.17) is 0 Å². The van der Waals surface area contributed by atoms with Gasteiger partial charge in [-0.2, -0.15) is 0 Å². The van der Waals surface area contributed by atoms with Crippen LogP contribution in [0.3, 0.4) is 0 Å². The Morgan fingerprint density at radius 2 is 2.05 bits per heavy atom. The molecule has 1 aromatic heterocycles. The minimum Gasteiger partial charge on any atom is -0.335 e. The van der Waals surface area contributed by atoms with Crippen LogP contribution in [-0.2, 0) is 5.41 Å². The highest BCUT2D eigenvalue weighted by Crippen LogP contribution is 2.26. The van der Waals surface area contributed by atoms with Crippen LogP contribution in [0.2, 0.25) is 0 Å². The summed E-state index contributed by atoms with van der Waals surface area (Å²) in [5.41, 5.74) is 1.13. The van der Waals surface area contributed by atoms with Crippen LogP contribution in [0, 0.1) is 0 Å². The number of piperidine rings is 1. The third-order valence-electron chi connectivity index (χ3n) is 4.06. The summed E-state index contributed by atoms with van der Waals surface area (Å²) in [7, 11) is 2.12. The lowest BCUT2D eigenvalue weighted by molar-refractivity contribution is 0.212. The maximum Gasteiger partial charge on any atom is 0.315 e. The highest BCUT2D eigenvalue weighted by molar-refractivity contribution is 7.09. The minimum absolute atomic E-state index is 0.0465. The van der Waals surface area contributed by atoms with Crippen molar-refractivity contribution in [2.75, 3.05) is 20.1 Å². The number of thiazole rings is 1. The summed E-state index contributed by atoms with van der Waals surface area (Å²) in [5, 5.41) is 9.13. The maximum absolute atomic E-state index is 12.1. The number of rotatable bonds is 3. The van der Waals surface area contributed by atoms with Crippen molar-refractivity contribution in [1.29, 1.82) is 0 Å². The molecule has 5 nitrogen and oxygen atoms in total. The predicted octanol–water partition coefficient (Wildman–Crippen LogP) is 2.90. The number of nitrogens with one attached hydrogen (secondary N) is 2. The lowest BCUT2D eigenvalue weighted by Gasteiger charge is -2.29. The maximum atomic E-state index is 12.1. The van der Waals surface area contributed by atoms with E-state index in [0.29, 0.717) is 0 Å². The number of hydrogen-bond acceptors (Lipinski definition) is 4. The molecular weight excluding hydrogens is 296 g/mol. The second-order valence-electron chi connectivity index (χ2n) is 7.24. The van der Waals surface area contributed by atoms with E-state index in [1.165, 1.54) is 0 Å². The number of nitrogens with zero attached hydrogens (tertiary/aromatic N) is 2. The molecule has 2 N–H and O–H groups in total. The largest absolute Gasteiger partial charge is 0.335 e. The number of hydrogen-bond donors (Lipinski definition) is 2. The first kappa shape index (κ1) is 17.2. The van der Waals surface area contributed by atoms with Gasteiger partial charge in [-0.25, -0.2) is 9.78 Å². The van der Waals surface area contributed by atoms with Gasteiger partial charge in [-0.15, -0.1) is 11.3 Å². The van der Waals surface area contributed by atoms with Crippen molar-refractivity contribution in [3.63, 3.8) is 0 Å². The van der Waals surface area contributed by atoms with Crippen molar-refractivity contribution in [2.45, 2.75) is 58.0 Å². The molecule has 2 rings (SSSR count). The quantitative estimate of drug-likeness (QED) is 0.899. The van der Waals surface area contributed by atoms with Gasteiger partial charge in [0, 0.05) is 16.8 Å². The summed E-state index contributed by atoms with van der Waals surface area (Å²) in [5.74, 6) is 0. The fourth-order valence-corrected chi connectivity index (χ4v) is 3.52. The molecule has 0 aromatic carbocycles. The molecule has 1 aliphatic heterocycles. The van der Waals surface area contributed by atoms with Gasteiger partial charge < -0.3 is 15.5 Å². The number of carbonyl (C=O) groups is 1. The molecule has 1 aliphatic rings. The van der Waals surface area contributed by atoms with Gasteiger partial charge in [-0.05, 0) is 39.9 Å². The van der Waals surface area contributed by atoms with Crippen LogP contribution in [0.25, 0.3) is 0 Å². The minimum atomic E-state index is -0.0884. The molecule has 2 heterocycles. The molecule has 0 aliphatic carbocycles. The molecule has 0 saturated carbocycles. The molecule has 1 atom stereocenters. The summed E-state index contributed by atoms with van der Waals surface area (Å²) in [6, 6.07) is 0.131. The van der Waals surface area contributed by atoms with Gasteiger partial charge in [0.25, 0.3) is 0 Å². The van der Waals surface area contributed by atoms with Gasteiger partial charge in [-0.3, -0.25) is 0 Å². The number of carbonyl (C=O) groups excluding carboxylic acids is 1. The zero-order valence-corrected chi connectivity index (χ0v) is 15.1. The molecule has 1 aromatic rings. The van der Waals surface area contributed by atoms with E-state index in [2.05, 4.69) is 53.7 Å². The molecule has 0 bridgehead atoms. The fraction of sp³-hybridized carbons (Fsp3) is 0.750. The molecule has 2 amide bonds. The highest BCUT2D eigenvalue weighted by atomic mass is 32.1. The van der Waals surface area contributed by atoms with Crippen molar-refractivity contribution < 1.29 is 4.79 Å². The number of amides is 2. The third-order valence-corrected chi connectivity index (χ3v) is 5.09. The number of aromatic nitrogens is 1. The van der Waals surface area contributed by atoms with Crippen LogP contribution in [0.5, 0.6) is 0 Å². The SMILES string of the molecule is C[C@@H](NC(=O)NC1CCN(C)CC1)c1nc(C(C)(C)C)cs1. The molecule has 1 fully saturated rings. The summed E-state index contributed by atoms with van der Waals surface area (Å²) in [6.45, 7) is 10.5. The Morgan fingerprint density at radius 1 is 1.41 bits per heavy atom. The second-order valence-corrected chi connectivity index (χ2v) is 8.13. The van der Waals surface area contributed by atoms with Gasteiger partial charge in [0.2, 0.25) is 0 Å². The summed E-state index contributed by atoms with van der Waals surface area (Å²) in [6.07, 6.45) is 2.04. The van der Waals surface area contributed by atoms with Crippen LogP contribution in [-0.4, -0.2) is 42.1 Å². The van der Waals surface area contributed by atoms with Crippen molar-refractivity contribution >= 4 is 17.4 Å². The molecule has 0 unspecified atom stereocenters. The molecule has 6 heteroatoms. The fourth-order valence-electron chi connectivity index (χ4n) is 2.47. The normalized spacial score (nSPS) is 19.0. The van der Waals surface area contributed by atoms with Crippen LogP contribution >= 0.6 is 11.3 Å². The average molecular weight is 324 g/mol. The van der Waals surface area contributed by atoms with E-state index in [1.807, 2.05) is 6.92 Å². The Hall–Kier alpha value is -1.14. The first-order valence-corrected chi connectivity index (χ1v) is 8.85. The van der Waals surface area contributed by atoms with Crippen LogP contribution < -0.4 is 10.6 Å². The monoisotopic (exact) mass is 324 g/mol. The molecule has 124 valence electrons. The van der Waals surface area contributed by atoms with Crippen LogP contribution in [0.15, 0.2) is 5.38 Å². The van der Waals surface area contributed by atoms with E-state index >= 15 is 0 Å². The molecular formula is C16H28N4OS. The molecule has 0 spiro atoms. The van der Waals surface area contributed by atoms with Gasteiger partial charge in [0.1, 0.15) is 5.01 Å². The topological polar surface area (TPSA) is 57.3 Å². The predicted molar refractivity (Wildman–Crippen MR) is 91.4 cm³/mol. The van der Waals surface area contributed by atoms with E-state index in [-0.39, 0.29) is 23.5 Å². The number of urea groups is 1. The second kappa shape index (κ2) is 6.96. The van der Waals surface area contributed by atoms with Gasteiger partial charge in [0.05, 0.1) is 11.7 Å². The summed E-state index contributed by atoms with van der Waals surface area (Å²) in [4.78, 5) is 19.1. The first-order valence-electron chi connectivity index (χ1n) is 7.97. The van der Waals surface area contributed by atoms with E-state index in [0.717, 1.165) is 36.6 Å². The standard InChI is InChI=1S/C16H28N4OS/c1-11(14-19-13(10-22-14)16(2,3)4)17-15(21)18-12-6-8-20(5)9-7-12/h10-12H,6-9H2,1-5H3,(H2,17,18,21)/t11-/m1/s1. The van der Waals surface area contributed by atoms with E-state index < -0.39 is 0 Å². The molecule has 1 saturated heterocycles. The Balaban J connectivity index is 1.84. The van der Waals surface area contributed by atoms with Crippen molar-refractivity contribution in [2.24, 2.45) is 0 Å². The Morgan fingerprint density at radius 3 is 2.59 bits per heavy atom. The first-order chi connectivity index (χ1) is 10.3. The zero-order valence-electron chi connectivity index (χ0n) is 14.3. The van der Waals surface area contributed by atoms with Crippen LogP contribution in [0.4, 0.5) is 4.79 Å². The Bertz CT molecular complexity index is 500. The third kappa shape index (κ3) is 4.68. The van der Waals surface area contributed by atoms with E-state index in [9.17, 15) is 4.79 Å². The van der Waals surface area contributed by atoms with Crippen LogP contribution in [0.1, 0.15) is 57.3 Å². The van der Waals surface area contributed by atoms with Gasteiger partial charge in [0.15, 0.2) is 0 Å². The lowest BCUT2D eigenvalue weighted by atomic mass is 9.93. The van der Waals surface area contributed by atoms with Crippen molar-refractivity contribution in [3.05, 3.63) is 16.1 Å². The Labute approximate surface area is 137 Å². The zero-order chi connectivity index (χ0) is 16.3. The summed E-state index contributed by atoms with van der Waals surface area (Å²) < 4.78 is 0. The van der Waals surface area contributed by atoms with Crippen molar-refractivity contribution in [3.8, 4) is 0 Å². The summed E-state index contributed by atoms with van der Waals surface area (Å²) >= 11 is 1.61.